The van der Waals surface area contributed by atoms with Gasteiger partial charge in [0.25, 0.3) is 0 Å². The van der Waals surface area contributed by atoms with Crippen molar-refractivity contribution in [3.63, 3.8) is 0 Å². The average molecular weight is 262 g/mol. The molecule has 0 amide bonds. The molecule has 1 atom stereocenters. The Hall–Kier alpha value is -1.35. The van der Waals surface area contributed by atoms with Gasteiger partial charge in [-0.2, -0.15) is 0 Å². The molecule has 0 spiro atoms. The molecule has 0 saturated carbocycles. The predicted octanol–water partition coefficient (Wildman–Crippen LogP) is 3.22. The summed E-state index contributed by atoms with van der Waals surface area (Å²) in [5.74, 6) is -0.271. The summed E-state index contributed by atoms with van der Waals surface area (Å²) in [5, 5.41) is 0. The van der Waals surface area contributed by atoms with Crippen molar-refractivity contribution < 1.29 is 14.3 Å². The number of carbonyl (C=O) groups is 1. The molecule has 19 heavy (non-hydrogen) atoms. The van der Waals surface area contributed by atoms with E-state index in [4.69, 9.17) is 9.47 Å². The molecule has 1 saturated heterocycles. The minimum absolute atomic E-state index is 0.206. The lowest BCUT2D eigenvalue weighted by Gasteiger charge is -2.18. The lowest BCUT2D eigenvalue weighted by Crippen LogP contribution is -2.18. The van der Waals surface area contributed by atoms with E-state index in [1.54, 1.807) is 6.07 Å². The zero-order chi connectivity index (χ0) is 14.1. The normalized spacial score (nSPS) is 22.1. The lowest BCUT2D eigenvalue weighted by molar-refractivity contribution is 0.0410. The van der Waals surface area contributed by atoms with Crippen molar-refractivity contribution >= 4 is 5.97 Å². The van der Waals surface area contributed by atoms with Crippen LogP contribution in [0, 0.1) is 5.41 Å². The van der Waals surface area contributed by atoms with Crippen molar-refractivity contribution in [2.75, 3.05) is 13.2 Å². The molecule has 104 valence electrons. The van der Waals surface area contributed by atoms with E-state index in [0.717, 1.165) is 12.0 Å². The molecule has 0 bridgehead atoms. The minimum atomic E-state index is -0.271. The van der Waals surface area contributed by atoms with Gasteiger partial charge in [0.2, 0.25) is 0 Å². The van der Waals surface area contributed by atoms with Crippen LogP contribution in [0.25, 0.3) is 0 Å². The standard InChI is InChI=1S/C16H22O3/c1-15(2,3)9-12-6-5-7-13(8-12)14(17)18-10-16(4)11-19-16/h5-8H,9-11H2,1-4H3. The number of ether oxygens (including phenoxy) is 2. The molecule has 3 nitrogen and oxygen atoms in total. The number of carbonyl (C=O) groups excluding carboxylic acids is 1. The molecule has 1 fully saturated rings. The van der Waals surface area contributed by atoms with Crippen molar-refractivity contribution in [2.24, 2.45) is 5.41 Å². The second kappa shape index (κ2) is 4.97. The maximum Gasteiger partial charge on any atom is 0.338 e. The first-order chi connectivity index (χ1) is 8.77. The molecule has 1 aromatic rings. The van der Waals surface area contributed by atoms with Gasteiger partial charge >= 0.3 is 5.97 Å². The second-order valence-corrected chi connectivity index (χ2v) is 6.75. The van der Waals surface area contributed by atoms with Crippen molar-refractivity contribution in [3.05, 3.63) is 35.4 Å². The Morgan fingerprint density at radius 1 is 1.42 bits per heavy atom. The van der Waals surface area contributed by atoms with Gasteiger partial charge in [-0.1, -0.05) is 32.9 Å². The third-order valence-electron chi connectivity index (χ3n) is 3.04. The molecule has 1 aliphatic heterocycles. The first-order valence-corrected chi connectivity index (χ1v) is 6.68. The van der Waals surface area contributed by atoms with Gasteiger partial charge < -0.3 is 9.47 Å². The maximum atomic E-state index is 12.0. The van der Waals surface area contributed by atoms with Gasteiger partial charge in [0.15, 0.2) is 0 Å². The van der Waals surface area contributed by atoms with Gasteiger partial charge in [0, 0.05) is 0 Å². The van der Waals surface area contributed by atoms with E-state index >= 15 is 0 Å². The van der Waals surface area contributed by atoms with Gasteiger partial charge in [0.1, 0.15) is 12.2 Å². The van der Waals surface area contributed by atoms with Crippen molar-refractivity contribution in [3.8, 4) is 0 Å². The fourth-order valence-electron chi connectivity index (χ4n) is 1.93. The predicted molar refractivity (Wildman–Crippen MR) is 74.2 cm³/mol. The highest BCUT2D eigenvalue weighted by atomic mass is 16.6. The van der Waals surface area contributed by atoms with Crippen LogP contribution in [0.1, 0.15) is 43.6 Å². The molecule has 0 N–H and O–H groups in total. The summed E-state index contributed by atoms with van der Waals surface area (Å²) >= 11 is 0. The number of epoxide rings is 1. The SMILES string of the molecule is CC(C)(C)Cc1cccc(C(=O)OCC2(C)CO2)c1. The zero-order valence-electron chi connectivity index (χ0n) is 12.2. The van der Waals surface area contributed by atoms with Crippen LogP contribution in [-0.2, 0) is 15.9 Å². The molecule has 1 heterocycles. The molecule has 0 aromatic heterocycles. The summed E-state index contributed by atoms with van der Waals surface area (Å²) in [6.45, 7) is 9.49. The third kappa shape index (κ3) is 4.35. The van der Waals surface area contributed by atoms with Gasteiger partial charge in [-0.15, -0.1) is 0 Å². The van der Waals surface area contributed by atoms with E-state index in [0.29, 0.717) is 18.8 Å². The Balaban J connectivity index is 1.99. The van der Waals surface area contributed by atoms with Crippen LogP contribution >= 0.6 is 0 Å². The summed E-state index contributed by atoms with van der Waals surface area (Å²) in [7, 11) is 0. The molecule has 1 aromatic carbocycles. The Kier molecular flexibility index (Phi) is 3.68. The Morgan fingerprint density at radius 3 is 2.68 bits per heavy atom. The highest BCUT2D eigenvalue weighted by molar-refractivity contribution is 5.89. The quantitative estimate of drug-likeness (QED) is 0.617. The van der Waals surface area contributed by atoms with Crippen LogP contribution in [0.4, 0.5) is 0 Å². The number of hydrogen-bond donors (Lipinski definition) is 0. The lowest BCUT2D eigenvalue weighted by atomic mass is 9.88. The highest BCUT2D eigenvalue weighted by Crippen LogP contribution is 2.26. The first kappa shape index (κ1) is 14.1. The van der Waals surface area contributed by atoms with Crippen LogP contribution in [0.5, 0.6) is 0 Å². The van der Waals surface area contributed by atoms with Crippen LogP contribution in [0.15, 0.2) is 24.3 Å². The summed E-state index contributed by atoms with van der Waals surface area (Å²) in [6.07, 6.45) is 0.939. The zero-order valence-corrected chi connectivity index (χ0v) is 12.2. The van der Waals surface area contributed by atoms with Gasteiger partial charge in [-0.05, 0) is 36.5 Å². The van der Waals surface area contributed by atoms with E-state index < -0.39 is 0 Å². The van der Waals surface area contributed by atoms with Gasteiger partial charge in [0.05, 0.1) is 12.2 Å². The summed E-state index contributed by atoms with van der Waals surface area (Å²) < 4.78 is 10.5. The fraction of sp³-hybridized carbons (Fsp3) is 0.562. The summed E-state index contributed by atoms with van der Waals surface area (Å²) in [5.41, 5.74) is 1.73. The molecular weight excluding hydrogens is 240 g/mol. The fourth-order valence-corrected chi connectivity index (χ4v) is 1.93. The van der Waals surface area contributed by atoms with Gasteiger partial charge in [-0.3, -0.25) is 0 Å². The van der Waals surface area contributed by atoms with Crippen LogP contribution < -0.4 is 0 Å². The van der Waals surface area contributed by atoms with E-state index in [2.05, 4.69) is 20.8 Å². The molecule has 1 aliphatic rings. The van der Waals surface area contributed by atoms with Crippen molar-refractivity contribution in [2.45, 2.75) is 39.7 Å². The smallest absolute Gasteiger partial charge is 0.338 e. The van der Waals surface area contributed by atoms with Crippen LogP contribution in [-0.4, -0.2) is 24.8 Å². The molecule has 3 heteroatoms. The van der Waals surface area contributed by atoms with Crippen LogP contribution in [0.3, 0.4) is 0 Å². The van der Waals surface area contributed by atoms with Crippen molar-refractivity contribution in [1.29, 1.82) is 0 Å². The maximum absolute atomic E-state index is 12.0. The number of esters is 1. The highest BCUT2D eigenvalue weighted by Gasteiger charge is 2.40. The number of rotatable bonds is 4. The topological polar surface area (TPSA) is 38.8 Å². The van der Waals surface area contributed by atoms with Crippen molar-refractivity contribution in [1.82, 2.24) is 0 Å². The third-order valence-corrected chi connectivity index (χ3v) is 3.04. The largest absolute Gasteiger partial charge is 0.459 e. The van der Waals surface area contributed by atoms with E-state index in [1.807, 2.05) is 25.1 Å². The van der Waals surface area contributed by atoms with E-state index in [9.17, 15) is 4.79 Å². The van der Waals surface area contributed by atoms with Crippen LogP contribution in [0.2, 0.25) is 0 Å². The molecule has 0 radical (unpaired) electrons. The minimum Gasteiger partial charge on any atom is -0.459 e. The number of hydrogen-bond acceptors (Lipinski definition) is 3. The Bertz CT molecular complexity index is 467. The monoisotopic (exact) mass is 262 g/mol. The molecular formula is C16H22O3. The molecule has 2 rings (SSSR count). The van der Waals surface area contributed by atoms with E-state index in [1.165, 1.54) is 0 Å². The molecule has 1 unspecified atom stereocenters. The summed E-state index contributed by atoms with van der Waals surface area (Å²) in [6, 6.07) is 7.68. The molecule has 0 aliphatic carbocycles. The van der Waals surface area contributed by atoms with Gasteiger partial charge in [-0.25, -0.2) is 4.79 Å². The first-order valence-electron chi connectivity index (χ1n) is 6.68. The second-order valence-electron chi connectivity index (χ2n) is 6.75. The Morgan fingerprint density at radius 2 is 2.11 bits per heavy atom. The van der Waals surface area contributed by atoms with E-state index in [-0.39, 0.29) is 17.0 Å². The average Bonchev–Trinajstić information content (AvgIpc) is 3.03. The Labute approximate surface area is 114 Å². The number of benzene rings is 1. The summed E-state index contributed by atoms with van der Waals surface area (Å²) in [4.78, 5) is 12.0.